The van der Waals surface area contributed by atoms with Gasteiger partial charge in [0.05, 0.1) is 4.92 Å². The molecule has 0 aromatic heterocycles. The van der Waals surface area contributed by atoms with Crippen molar-refractivity contribution in [2.75, 3.05) is 20.2 Å². The fourth-order valence-corrected chi connectivity index (χ4v) is 1.93. The molecule has 0 atom stereocenters. The zero-order chi connectivity index (χ0) is 15.1. The molecule has 6 heteroatoms. The van der Waals surface area contributed by atoms with Gasteiger partial charge in [-0.3, -0.25) is 14.9 Å². The fourth-order valence-electron chi connectivity index (χ4n) is 1.93. The fraction of sp³-hybridized carbons (Fsp3) is 0.500. The first-order valence-electron chi connectivity index (χ1n) is 6.58. The van der Waals surface area contributed by atoms with Crippen molar-refractivity contribution in [2.45, 2.75) is 26.2 Å². The van der Waals surface area contributed by atoms with Crippen molar-refractivity contribution in [3.05, 3.63) is 39.4 Å². The molecule has 0 saturated heterocycles. The summed E-state index contributed by atoms with van der Waals surface area (Å²) in [5.41, 5.74) is 0.773. The number of nitrogens with zero attached hydrogens (tertiary/aromatic N) is 2. The van der Waals surface area contributed by atoms with Crippen LogP contribution in [0.4, 0.5) is 5.69 Å². The van der Waals surface area contributed by atoms with Crippen molar-refractivity contribution >= 4 is 11.6 Å². The summed E-state index contributed by atoms with van der Waals surface area (Å²) in [5.74, 6) is -0.343. The van der Waals surface area contributed by atoms with Crippen LogP contribution in [-0.4, -0.2) is 41.0 Å². The lowest BCUT2D eigenvalue weighted by Crippen LogP contribution is -2.28. The number of nitro benzene ring substituents is 1. The van der Waals surface area contributed by atoms with Gasteiger partial charge in [0.2, 0.25) is 0 Å². The Bertz CT molecular complexity index is 488. The van der Waals surface area contributed by atoms with Crippen LogP contribution in [0, 0.1) is 17.0 Å². The van der Waals surface area contributed by atoms with Crippen LogP contribution >= 0.6 is 0 Å². The molecule has 1 N–H and O–H groups in total. The van der Waals surface area contributed by atoms with Gasteiger partial charge >= 0.3 is 0 Å². The molecule has 0 aliphatic rings. The second kappa shape index (κ2) is 7.59. The Kier molecular flexibility index (Phi) is 6.11. The number of aliphatic hydroxyl groups is 1. The highest BCUT2D eigenvalue weighted by atomic mass is 16.6. The van der Waals surface area contributed by atoms with Crippen molar-refractivity contribution in [1.29, 1.82) is 0 Å². The zero-order valence-corrected chi connectivity index (χ0v) is 11.8. The molecule has 0 spiro atoms. The number of aryl methyl sites for hydroxylation is 1. The highest BCUT2D eigenvalue weighted by Gasteiger charge is 2.22. The summed E-state index contributed by atoms with van der Waals surface area (Å²) in [6.07, 6.45) is 2.29. The lowest BCUT2D eigenvalue weighted by Gasteiger charge is -2.17. The molecule has 20 heavy (non-hydrogen) atoms. The highest BCUT2D eigenvalue weighted by Crippen LogP contribution is 2.21. The van der Waals surface area contributed by atoms with Gasteiger partial charge < -0.3 is 10.0 Å². The molecule has 1 rings (SSSR count). The van der Waals surface area contributed by atoms with E-state index in [2.05, 4.69) is 0 Å². The van der Waals surface area contributed by atoms with Crippen molar-refractivity contribution in [3.63, 3.8) is 0 Å². The van der Waals surface area contributed by atoms with E-state index < -0.39 is 4.92 Å². The molecule has 0 saturated carbocycles. The van der Waals surface area contributed by atoms with Crippen LogP contribution in [0.3, 0.4) is 0 Å². The molecule has 0 aliphatic carbocycles. The third-order valence-electron chi connectivity index (χ3n) is 3.08. The van der Waals surface area contributed by atoms with Gasteiger partial charge in [0.1, 0.15) is 5.56 Å². The van der Waals surface area contributed by atoms with E-state index in [0.717, 1.165) is 18.4 Å². The number of nitro groups is 1. The number of unbranched alkanes of at least 4 members (excludes halogenated alkanes) is 2. The summed E-state index contributed by atoms with van der Waals surface area (Å²) in [7, 11) is 1.63. The van der Waals surface area contributed by atoms with Crippen LogP contribution in [0.5, 0.6) is 0 Å². The summed E-state index contributed by atoms with van der Waals surface area (Å²) < 4.78 is 0. The largest absolute Gasteiger partial charge is 0.396 e. The molecule has 1 amide bonds. The molecule has 6 nitrogen and oxygen atoms in total. The Morgan fingerprint density at radius 1 is 1.35 bits per heavy atom. The first kappa shape index (κ1) is 16.1. The van der Waals surface area contributed by atoms with Crippen LogP contribution in [0.25, 0.3) is 0 Å². The van der Waals surface area contributed by atoms with Gasteiger partial charge in [-0.1, -0.05) is 6.07 Å². The van der Waals surface area contributed by atoms with E-state index in [0.29, 0.717) is 13.0 Å². The van der Waals surface area contributed by atoms with E-state index in [4.69, 9.17) is 5.11 Å². The van der Waals surface area contributed by atoms with Gasteiger partial charge in [0, 0.05) is 26.3 Å². The first-order chi connectivity index (χ1) is 9.47. The quantitative estimate of drug-likeness (QED) is 0.471. The normalized spacial score (nSPS) is 10.3. The van der Waals surface area contributed by atoms with Crippen LogP contribution in [0.2, 0.25) is 0 Å². The Morgan fingerprint density at radius 2 is 2.05 bits per heavy atom. The minimum Gasteiger partial charge on any atom is -0.396 e. The Balaban J connectivity index is 2.80. The maximum atomic E-state index is 12.3. The molecule has 0 bridgehead atoms. The van der Waals surface area contributed by atoms with Gasteiger partial charge in [-0.25, -0.2) is 0 Å². The Morgan fingerprint density at radius 3 is 2.65 bits per heavy atom. The number of hydrogen-bond donors (Lipinski definition) is 1. The van der Waals surface area contributed by atoms with Crippen molar-refractivity contribution in [1.82, 2.24) is 4.90 Å². The molecule has 0 fully saturated rings. The first-order valence-corrected chi connectivity index (χ1v) is 6.58. The maximum Gasteiger partial charge on any atom is 0.282 e. The van der Waals surface area contributed by atoms with Gasteiger partial charge in [0.15, 0.2) is 0 Å². The SMILES string of the molecule is Cc1ccc([N+](=O)[O-])c(C(=O)N(C)CCCCCO)c1. The molecular weight excluding hydrogens is 260 g/mol. The number of carbonyl (C=O) groups excluding carboxylic acids is 1. The van der Waals surface area contributed by atoms with E-state index in [1.54, 1.807) is 26.1 Å². The Labute approximate surface area is 118 Å². The van der Waals surface area contributed by atoms with Crippen LogP contribution < -0.4 is 0 Å². The predicted molar refractivity (Wildman–Crippen MR) is 75.7 cm³/mol. The molecule has 0 radical (unpaired) electrons. The Hall–Kier alpha value is -1.95. The van der Waals surface area contributed by atoms with Crippen LogP contribution in [-0.2, 0) is 0 Å². The number of benzene rings is 1. The highest BCUT2D eigenvalue weighted by molar-refractivity contribution is 5.98. The molecule has 1 aromatic carbocycles. The van der Waals surface area contributed by atoms with E-state index in [1.807, 2.05) is 0 Å². The summed E-state index contributed by atoms with van der Waals surface area (Å²) in [6, 6.07) is 4.53. The van der Waals surface area contributed by atoms with Gasteiger partial charge in [-0.15, -0.1) is 0 Å². The van der Waals surface area contributed by atoms with Gasteiger partial charge in [-0.05, 0) is 37.8 Å². The van der Waals surface area contributed by atoms with E-state index in [9.17, 15) is 14.9 Å². The number of hydrogen-bond acceptors (Lipinski definition) is 4. The molecule has 110 valence electrons. The van der Waals surface area contributed by atoms with Gasteiger partial charge in [-0.2, -0.15) is 0 Å². The van der Waals surface area contributed by atoms with Crippen molar-refractivity contribution < 1.29 is 14.8 Å². The summed E-state index contributed by atoms with van der Waals surface area (Å²) in [4.78, 5) is 24.2. The monoisotopic (exact) mass is 280 g/mol. The van der Waals surface area contributed by atoms with Crippen molar-refractivity contribution in [2.24, 2.45) is 0 Å². The smallest absolute Gasteiger partial charge is 0.282 e. The van der Waals surface area contributed by atoms with Crippen LogP contribution in [0.15, 0.2) is 18.2 Å². The number of carbonyl (C=O) groups is 1. The second-order valence-corrected chi connectivity index (χ2v) is 4.79. The average Bonchev–Trinajstić information content (AvgIpc) is 2.42. The molecule has 0 unspecified atom stereocenters. The topological polar surface area (TPSA) is 83.7 Å². The van der Waals surface area contributed by atoms with Crippen LogP contribution in [0.1, 0.15) is 35.2 Å². The minimum atomic E-state index is -0.535. The third-order valence-corrected chi connectivity index (χ3v) is 3.08. The van der Waals surface area contributed by atoms with E-state index in [-0.39, 0.29) is 23.8 Å². The minimum absolute atomic E-state index is 0.125. The molecule has 0 aliphatic heterocycles. The number of rotatable bonds is 7. The second-order valence-electron chi connectivity index (χ2n) is 4.79. The molecular formula is C14H20N2O4. The maximum absolute atomic E-state index is 12.3. The average molecular weight is 280 g/mol. The lowest BCUT2D eigenvalue weighted by atomic mass is 10.1. The van der Waals surface area contributed by atoms with Crippen molar-refractivity contribution in [3.8, 4) is 0 Å². The third kappa shape index (κ3) is 4.31. The van der Waals surface area contributed by atoms with Gasteiger partial charge in [0.25, 0.3) is 11.6 Å². The number of amides is 1. The lowest BCUT2D eigenvalue weighted by molar-refractivity contribution is -0.385. The number of aliphatic hydroxyl groups excluding tert-OH is 1. The van der Waals surface area contributed by atoms with E-state index in [1.165, 1.54) is 11.0 Å². The van der Waals surface area contributed by atoms with E-state index >= 15 is 0 Å². The summed E-state index contributed by atoms with van der Waals surface area (Å²) in [5, 5.41) is 19.7. The predicted octanol–water partition coefficient (Wildman–Crippen LogP) is 2.14. The summed E-state index contributed by atoms with van der Waals surface area (Å²) in [6.45, 7) is 2.45. The summed E-state index contributed by atoms with van der Waals surface area (Å²) >= 11 is 0. The standard InChI is InChI=1S/C14H20N2O4/c1-11-6-7-13(16(19)20)12(10-11)14(18)15(2)8-4-3-5-9-17/h6-7,10,17H,3-5,8-9H2,1-2H3. The zero-order valence-electron chi connectivity index (χ0n) is 11.8. The molecule has 0 heterocycles. The molecule has 1 aromatic rings.